The number of aromatic hydroxyl groups is 1. The predicted molar refractivity (Wildman–Crippen MR) is 76.9 cm³/mol. The molecule has 5 heteroatoms. The number of phenolic OH excluding ortho intramolecular Hbond substituents is 1. The zero-order valence-electron chi connectivity index (χ0n) is 11.1. The minimum atomic E-state index is 0.195. The van der Waals surface area contributed by atoms with E-state index < -0.39 is 0 Å². The van der Waals surface area contributed by atoms with Gasteiger partial charge < -0.3 is 16.2 Å². The topological polar surface area (TPSA) is 73.9 Å². The van der Waals surface area contributed by atoms with Crippen LogP contribution in [0, 0.1) is 6.92 Å². The minimum absolute atomic E-state index is 0.195. The number of nitrogens with zero attached hydrogens (tertiary/aromatic N) is 2. The Morgan fingerprint density at radius 3 is 2.95 bits per heavy atom. The van der Waals surface area contributed by atoms with Gasteiger partial charge in [0.05, 0.1) is 6.04 Å². The first-order valence-corrected chi connectivity index (χ1v) is 6.37. The van der Waals surface area contributed by atoms with E-state index in [0.29, 0.717) is 5.84 Å². The van der Waals surface area contributed by atoms with Crippen molar-refractivity contribution >= 4 is 5.84 Å². The number of nitrogens with two attached hydrogens (primary N) is 1. The normalized spacial score (nSPS) is 19.4. The second-order valence-corrected chi connectivity index (χ2v) is 4.75. The molecule has 4 N–H and O–H groups in total. The third-order valence-corrected chi connectivity index (χ3v) is 3.18. The highest BCUT2D eigenvalue weighted by molar-refractivity contribution is 5.97. The van der Waals surface area contributed by atoms with E-state index in [0.717, 1.165) is 30.6 Å². The van der Waals surface area contributed by atoms with Gasteiger partial charge in [0, 0.05) is 18.3 Å². The van der Waals surface area contributed by atoms with E-state index in [9.17, 15) is 5.11 Å². The van der Waals surface area contributed by atoms with Crippen LogP contribution in [0.25, 0.3) is 0 Å². The fourth-order valence-corrected chi connectivity index (χ4v) is 2.23. The summed E-state index contributed by atoms with van der Waals surface area (Å²) in [5, 5.41) is 19.0. The van der Waals surface area contributed by atoms with Crippen LogP contribution in [0.4, 0.5) is 0 Å². The maximum atomic E-state index is 9.59. The summed E-state index contributed by atoms with van der Waals surface area (Å²) in [4.78, 5) is 0. The Hall–Kier alpha value is -2.01. The molecule has 5 nitrogen and oxygen atoms in total. The van der Waals surface area contributed by atoms with Gasteiger partial charge >= 0.3 is 0 Å². The second-order valence-electron chi connectivity index (χ2n) is 4.75. The van der Waals surface area contributed by atoms with E-state index in [1.54, 1.807) is 23.3 Å². The molecule has 1 atom stereocenters. The summed E-state index contributed by atoms with van der Waals surface area (Å²) in [6.07, 6.45) is 2.70. The van der Waals surface area contributed by atoms with Crippen LogP contribution in [0.1, 0.15) is 17.5 Å². The molecule has 19 heavy (non-hydrogen) atoms. The molecule has 102 valence electrons. The first kappa shape index (κ1) is 13.4. The molecule has 0 aromatic heterocycles. The molecule has 0 spiro atoms. The lowest BCUT2D eigenvalue weighted by molar-refractivity contribution is 0.307. The van der Waals surface area contributed by atoms with E-state index in [1.807, 2.05) is 13.0 Å². The first-order valence-electron chi connectivity index (χ1n) is 6.37. The third kappa shape index (κ3) is 3.26. The molecule has 1 aromatic carbocycles. The van der Waals surface area contributed by atoms with Crippen LogP contribution < -0.4 is 11.1 Å². The molecule has 1 unspecified atom stereocenters. The average molecular weight is 260 g/mol. The number of hydrogen-bond donors (Lipinski definition) is 3. The predicted octanol–water partition coefficient (Wildman–Crippen LogP) is 1.13. The number of rotatable bonds is 4. The first-order chi connectivity index (χ1) is 9.10. The van der Waals surface area contributed by atoms with Crippen LogP contribution >= 0.6 is 0 Å². The highest BCUT2D eigenvalue weighted by atomic mass is 16.3. The van der Waals surface area contributed by atoms with Crippen molar-refractivity contribution in [2.45, 2.75) is 19.4 Å². The minimum Gasteiger partial charge on any atom is -0.508 e. The summed E-state index contributed by atoms with van der Waals surface area (Å²) in [6, 6.07) is 5.48. The standard InChI is InChI=1S/C14H20N4O/c1-3-18(12-4-5-16-9-12)17-14(15)11-6-10(2)7-13(19)8-11/h3,6-8,12,16,19H,1,4-5,9H2,2H3,(H2,15,17). The molecule has 1 aromatic rings. The molecule has 0 amide bonds. The maximum absolute atomic E-state index is 9.59. The van der Waals surface area contributed by atoms with E-state index in [4.69, 9.17) is 5.73 Å². The Kier molecular flexibility index (Phi) is 4.06. The van der Waals surface area contributed by atoms with Gasteiger partial charge in [0.2, 0.25) is 0 Å². The van der Waals surface area contributed by atoms with Crippen molar-refractivity contribution in [3.8, 4) is 5.75 Å². The van der Waals surface area contributed by atoms with Crippen molar-refractivity contribution in [3.63, 3.8) is 0 Å². The quantitative estimate of drug-likeness (QED) is 0.431. The van der Waals surface area contributed by atoms with Crippen LogP contribution in [0.2, 0.25) is 0 Å². The van der Waals surface area contributed by atoms with E-state index in [2.05, 4.69) is 17.0 Å². The largest absolute Gasteiger partial charge is 0.508 e. The van der Waals surface area contributed by atoms with E-state index >= 15 is 0 Å². The highest BCUT2D eigenvalue weighted by Crippen LogP contribution is 2.16. The summed E-state index contributed by atoms with van der Waals surface area (Å²) < 4.78 is 0. The molecule has 2 rings (SSSR count). The Morgan fingerprint density at radius 2 is 2.37 bits per heavy atom. The van der Waals surface area contributed by atoms with Gasteiger partial charge in [-0.05, 0) is 43.7 Å². The van der Waals surface area contributed by atoms with Gasteiger partial charge in [-0.25, -0.2) is 0 Å². The Balaban J connectivity index is 2.22. The zero-order valence-corrected chi connectivity index (χ0v) is 11.1. The van der Waals surface area contributed by atoms with Crippen LogP contribution in [0.3, 0.4) is 0 Å². The lowest BCUT2D eigenvalue weighted by Gasteiger charge is -2.21. The van der Waals surface area contributed by atoms with Gasteiger partial charge in [-0.2, -0.15) is 5.10 Å². The molecule has 0 aliphatic carbocycles. The smallest absolute Gasteiger partial charge is 0.151 e. The van der Waals surface area contributed by atoms with E-state index in [-0.39, 0.29) is 11.8 Å². The van der Waals surface area contributed by atoms with Crippen molar-refractivity contribution in [3.05, 3.63) is 42.1 Å². The second kappa shape index (κ2) is 5.75. The van der Waals surface area contributed by atoms with Gasteiger partial charge in [0.25, 0.3) is 0 Å². The van der Waals surface area contributed by atoms with Gasteiger partial charge in [-0.15, -0.1) is 0 Å². The van der Waals surface area contributed by atoms with Gasteiger partial charge in [0.15, 0.2) is 5.84 Å². The number of nitrogens with one attached hydrogen (secondary N) is 1. The Bertz CT molecular complexity index is 472. The Morgan fingerprint density at radius 1 is 1.58 bits per heavy atom. The number of hydrazone groups is 1. The van der Waals surface area contributed by atoms with Crippen molar-refractivity contribution in [1.82, 2.24) is 10.3 Å². The molecular weight excluding hydrogens is 240 g/mol. The summed E-state index contributed by atoms with van der Waals surface area (Å²) in [7, 11) is 0. The van der Waals surface area contributed by atoms with Crippen LogP contribution in [0.5, 0.6) is 5.75 Å². The molecule has 1 saturated heterocycles. The Labute approximate surface area is 113 Å². The lowest BCUT2D eigenvalue weighted by Crippen LogP contribution is -2.31. The molecule has 0 saturated carbocycles. The SMILES string of the molecule is C=CN(/N=C(\N)c1cc(C)cc(O)c1)C1CCNC1. The molecule has 1 fully saturated rings. The fraction of sp³-hybridized carbons (Fsp3) is 0.357. The summed E-state index contributed by atoms with van der Waals surface area (Å²) in [6.45, 7) is 7.54. The number of aryl methyl sites for hydroxylation is 1. The van der Waals surface area contributed by atoms with Crippen LogP contribution in [-0.2, 0) is 0 Å². The lowest BCUT2D eigenvalue weighted by atomic mass is 10.1. The third-order valence-electron chi connectivity index (χ3n) is 3.18. The molecule has 0 radical (unpaired) electrons. The van der Waals surface area contributed by atoms with Crippen molar-refractivity contribution in [2.75, 3.05) is 13.1 Å². The van der Waals surface area contributed by atoms with Crippen LogP contribution in [0.15, 0.2) is 36.1 Å². The van der Waals surface area contributed by atoms with Gasteiger partial charge in [0.1, 0.15) is 5.75 Å². The monoisotopic (exact) mass is 260 g/mol. The number of amidine groups is 1. The van der Waals surface area contributed by atoms with Crippen LogP contribution in [-0.4, -0.2) is 35.1 Å². The highest BCUT2D eigenvalue weighted by Gasteiger charge is 2.19. The zero-order chi connectivity index (χ0) is 13.8. The van der Waals surface area contributed by atoms with Gasteiger partial charge in [-0.3, -0.25) is 5.01 Å². The van der Waals surface area contributed by atoms with Crippen molar-refractivity contribution in [1.29, 1.82) is 0 Å². The molecule has 1 aliphatic rings. The van der Waals surface area contributed by atoms with Crippen molar-refractivity contribution < 1.29 is 5.11 Å². The molecule has 1 aliphatic heterocycles. The van der Waals surface area contributed by atoms with E-state index in [1.165, 1.54) is 0 Å². The number of phenols is 1. The average Bonchev–Trinajstić information content (AvgIpc) is 2.88. The maximum Gasteiger partial charge on any atom is 0.151 e. The van der Waals surface area contributed by atoms with Gasteiger partial charge in [-0.1, -0.05) is 6.58 Å². The molecular formula is C14H20N4O. The van der Waals surface area contributed by atoms with Crippen molar-refractivity contribution in [2.24, 2.45) is 10.8 Å². The number of hydrogen-bond acceptors (Lipinski definition) is 4. The molecule has 1 heterocycles. The number of benzene rings is 1. The summed E-state index contributed by atoms with van der Waals surface area (Å²) in [5.74, 6) is 0.576. The summed E-state index contributed by atoms with van der Waals surface area (Å²) >= 11 is 0. The fourth-order valence-electron chi connectivity index (χ4n) is 2.23. The summed E-state index contributed by atoms with van der Waals surface area (Å²) in [5.41, 5.74) is 7.67. The molecule has 0 bridgehead atoms.